The molecule has 0 unspecified atom stereocenters. The van der Waals surface area contributed by atoms with Crippen LogP contribution in [0.2, 0.25) is 0 Å². The van der Waals surface area contributed by atoms with Gasteiger partial charge in [0, 0.05) is 18.3 Å². The van der Waals surface area contributed by atoms with Crippen LogP contribution in [-0.4, -0.2) is 36.5 Å². The maximum atomic E-state index is 13.3. The Morgan fingerprint density at radius 3 is 2.69 bits per heavy atom. The number of aromatic nitrogens is 4. The molecule has 0 radical (unpaired) electrons. The minimum Gasteiger partial charge on any atom is -0.352 e. The molecule has 7 nitrogen and oxygen atoms in total. The van der Waals surface area contributed by atoms with E-state index < -0.39 is 0 Å². The van der Waals surface area contributed by atoms with Gasteiger partial charge < -0.3 is 9.88 Å². The molecule has 3 heterocycles. The maximum Gasteiger partial charge on any atom is 0.284 e. The SMILES string of the molecule is C[C@H](Sc1nc2nn(-c3ccccc3)c(=O)c-2c2n1CCCCC2)C(=O)NC1CCCC1. The molecule has 0 spiro atoms. The van der Waals surface area contributed by atoms with E-state index in [-0.39, 0.29) is 16.7 Å². The first kappa shape index (κ1) is 21.2. The van der Waals surface area contributed by atoms with Crippen molar-refractivity contribution in [3.05, 3.63) is 46.4 Å². The van der Waals surface area contributed by atoms with Crippen LogP contribution in [0.5, 0.6) is 0 Å². The van der Waals surface area contributed by atoms with Crippen molar-refractivity contribution in [2.75, 3.05) is 0 Å². The second-order valence-corrected chi connectivity index (χ2v) is 10.1. The van der Waals surface area contributed by atoms with Crippen molar-refractivity contribution < 1.29 is 4.79 Å². The summed E-state index contributed by atoms with van der Waals surface area (Å²) in [6, 6.07) is 9.78. The van der Waals surface area contributed by atoms with Crippen molar-refractivity contribution in [2.45, 2.75) is 81.3 Å². The molecule has 5 rings (SSSR count). The fraction of sp³-hybridized carbons (Fsp3) is 0.500. The Labute approximate surface area is 192 Å². The molecule has 1 aromatic carbocycles. The number of benzene rings is 1. The number of carbonyl (C=O) groups is 1. The number of carbonyl (C=O) groups excluding carboxylic acids is 1. The van der Waals surface area contributed by atoms with Gasteiger partial charge in [0.25, 0.3) is 5.56 Å². The molecule has 32 heavy (non-hydrogen) atoms. The minimum absolute atomic E-state index is 0.0612. The van der Waals surface area contributed by atoms with Crippen LogP contribution in [0.3, 0.4) is 0 Å². The third-order valence-electron chi connectivity index (χ3n) is 6.52. The van der Waals surface area contributed by atoms with Gasteiger partial charge in [-0.05, 0) is 51.2 Å². The molecule has 3 aliphatic heterocycles. The van der Waals surface area contributed by atoms with E-state index in [1.807, 2.05) is 37.3 Å². The van der Waals surface area contributed by atoms with E-state index in [1.54, 1.807) is 0 Å². The molecule has 1 fully saturated rings. The Bertz CT molecular complexity index is 1130. The zero-order chi connectivity index (χ0) is 22.1. The van der Waals surface area contributed by atoms with Crippen molar-refractivity contribution in [2.24, 2.45) is 0 Å². The molecule has 1 aromatic rings. The van der Waals surface area contributed by atoms with Crippen molar-refractivity contribution in [1.82, 2.24) is 24.6 Å². The highest BCUT2D eigenvalue weighted by molar-refractivity contribution is 8.00. The molecule has 4 aliphatic rings. The van der Waals surface area contributed by atoms with Gasteiger partial charge in [-0.15, -0.1) is 5.10 Å². The van der Waals surface area contributed by atoms with Crippen LogP contribution in [-0.2, 0) is 17.8 Å². The molecular formula is C24H29N5O2S. The molecule has 0 bridgehead atoms. The summed E-state index contributed by atoms with van der Waals surface area (Å²) in [7, 11) is 0. The van der Waals surface area contributed by atoms with Crippen molar-refractivity contribution >= 4 is 17.7 Å². The van der Waals surface area contributed by atoms with Gasteiger partial charge in [0.1, 0.15) is 5.56 Å². The molecule has 0 saturated heterocycles. The number of thioether (sulfide) groups is 1. The van der Waals surface area contributed by atoms with E-state index in [2.05, 4.69) is 15.0 Å². The average molecular weight is 452 g/mol. The number of amides is 1. The second kappa shape index (κ2) is 9.10. The molecule has 1 aliphatic carbocycles. The Balaban J connectivity index is 1.52. The number of rotatable bonds is 5. The molecule has 1 atom stereocenters. The predicted octanol–water partition coefficient (Wildman–Crippen LogP) is 3.80. The second-order valence-electron chi connectivity index (χ2n) is 8.80. The molecule has 1 saturated carbocycles. The fourth-order valence-corrected chi connectivity index (χ4v) is 5.75. The quantitative estimate of drug-likeness (QED) is 0.471. The van der Waals surface area contributed by atoms with Gasteiger partial charge in [-0.25, -0.2) is 4.98 Å². The lowest BCUT2D eigenvalue weighted by Crippen LogP contribution is -2.37. The highest BCUT2D eigenvalue weighted by Crippen LogP contribution is 2.32. The Kier molecular flexibility index (Phi) is 6.04. The number of hydrogen-bond acceptors (Lipinski definition) is 5. The van der Waals surface area contributed by atoms with Gasteiger partial charge in [-0.1, -0.05) is 49.2 Å². The first-order valence-electron chi connectivity index (χ1n) is 11.7. The number of fused-ring (bicyclic) bond motifs is 3. The first-order chi connectivity index (χ1) is 15.6. The lowest BCUT2D eigenvalue weighted by atomic mass is 10.1. The van der Waals surface area contributed by atoms with E-state index in [1.165, 1.54) is 29.3 Å². The summed E-state index contributed by atoms with van der Waals surface area (Å²) in [5, 5.41) is 8.30. The summed E-state index contributed by atoms with van der Waals surface area (Å²) in [4.78, 5) is 30.9. The summed E-state index contributed by atoms with van der Waals surface area (Å²) in [5.41, 5.74) is 2.24. The van der Waals surface area contributed by atoms with E-state index in [9.17, 15) is 9.59 Å². The van der Waals surface area contributed by atoms with E-state index in [0.29, 0.717) is 17.4 Å². The summed E-state index contributed by atoms with van der Waals surface area (Å²) < 4.78 is 3.62. The lowest BCUT2D eigenvalue weighted by molar-refractivity contribution is -0.120. The minimum atomic E-state index is -0.261. The molecule has 8 heteroatoms. The topological polar surface area (TPSA) is 81.8 Å². The summed E-state index contributed by atoms with van der Waals surface area (Å²) in [6.45, 7) is 2.75. The van der Waals surface area contributed by atoms with E-state index >= 15 is 0 Å². The molecular weight excluding hydrogens is 422 g/mol. The summed E-state index contributed by atoms with van der Waals surface area (Å²) in [6.07, 6.45) is 8.54. The molecule has 1 N–H and O–H groups in total. The third-order valence-corrected chi connectivity index (χ3v) is 7.61. The van der Waals surface area contributed by atoms with Gasteiger partial charge in [-0.3, -0.25) is 9.59 Å². The maximum absolute atomic E-state index is 13.3. The number of nitrogens with zero attached hydrogens (tertiary/aromatic N) is 4. The standard InChI is InChI=1S/C24H29N5O2S/c1-16(22(30)25-17-10-7-8-11-17)32-24-26-21-20(19-14-6-3-9-15-28(19)24)23(31)29(27-21)18-12-4-2-5-13-18/h2,4-5,12-13,16-17H,3,6-11,14-15H2,1H3,(H,25,30)/t16-/m0/s1. The normalized spacial score (nSPS) is 17.8. The predicted molar refractivity (Wildman–Crippen MR) is 126 cm³/mol. The highest BCUT2D eigenvalue weighted by Gasteiger charge is 2.29. The van der Waals surface area contributed by atoms with Crippen molar-refractivity contribution in [1.29, 1.82) is 0 Å². The number of hydrogen-bond donors (Lipinski definition) is 1. The Morgan fingerprint density at radius 1 is 1.12 bits per heavy atom. The Hall–Kier alpha value is -2.61. The van der Waals surface area contributed by atoms with Crippen LogP contribution in [0.4, 0.5) is 0 Å². The monoisotopic (exact) mass is 451 g/mol. The van der Waals surface area contributed by atoms with Gasteiger partial charge in [0.15, 0.2) is 11.0 Å². The molecule has 0 aromatic heterocycles. The number of para-hydroxylation sites is 1. The zero-order valence-electron chi connectivity index (χ0n) is 18.4. The summed E-state index contributed by atoms with van der Waals surface area (Å²) >= 11 is 1.47. The van der Waals surface area contributed by atoms with Crippen LogP contribution < -0.4 is 10.9 Å². The van der Waals surface area contributed by atoms with Gasteiger partial charge in [0.2, 0.25) is 5.91 Å². The first-order valence-corrected chi connectivity index (χ1v) is 12.5. The average Bonchev–Trinajstić information content (AvgIpc) is 3.34. The molecule has 1 amide bonds. The fourth-order valence-electron chi connectivity index (χ4n) is 4.79. The van der Waals surface area contributed by atoms with Crippen LogP contribution >= 0.6 is 11.8 Å². The van der Waals surface area contributed by atoms with Crippen molar-refractivity contribution in [3.8, 4) is 17.1 Å². The van der Waals surface area contributed by atoms with Gasteiger partial charge in [0.05, 0.1) is 10.9 Å². The number of nitrogens with one attached hydrogen (secondary N) is 1. The van der Waals surface area contributed by atoms with Crippen LogP contribution in [0.1, 0.15) is 57.6 Å². The smallest absolute Gasteiger partial charge is 0.284 e. The zero-order valence-corrected chi connectivity index (χ0v) is 19.2. The van der Waals surface area contributed by atoms with E-state index in [0.717, 1.165) is 61.6 Å². The Morgan fingerprint density at radius 2 is 1.91 bits per heavy atom. The third kappa shape index (κ3) is 4.08. The largest absolute Gasteiger partial charge is 0.352 e. The molecule has 168 valence electrons. The summed E-state index contributed by atoms with van der Waals surface area (Å²) in [5.74, 6) is 0.531. The highest BCUT2D eigenvalue weighted by atomic mass is 32.2. The van der Waals surface area contributed by atoms with E-state index in [4.69, 9.17) is 4.98 Å². The lowest BCUT2D eigenvalue weighted by Gasteiger charge is -2.20. The van der Waals surface area contributed by atoms with Crippen LogP contribution in [0.15, 0.2) is 40.3 Å². The van der Waals surface area contributed by atoms with Crippen LogP contribution in [0, 0.1) is 0 Å². The van der Waals surface area contributed by atoms with Gasteiger partial charge in [-0.2, -0.15) is 4.68 Å². The van der Waals surface area contributed by atoms with Crippen LogP contribution in [0.25, 0.3) is 17.1 Å². The van der Waals surface area contributed by atoms with Gasteiger partial charge >= 0.3 is 0 Å². The van der Waals surface area contributed by atoms with Crippen molar-refractivity contribution in [3.63, 3.8) is 0 Å².